The Labute approximate surface area is 302 Å². The molecule has 1 rings (SSSR count). The highest BCUT2D eigenvalue weighted by Crippen LogP contribution is 2.23. The second-order valence-corrected chi connectivity index (χ2v) is 10.9. The van der Waals surface area contributed by atoms with E-state index in [2.05, 4.69) is 46.2 Å². The van der Waals surface area contributed by atoms with Crippen molar-refractivity contribution < 1.29 is 55.7 Å². The Morgan fingerprint density at radius 1 is 0.500 bits per heavy atom. The molecule has 0 aromatic heterocycles. The van der Waals surface area contributed by atoms with E-state index in [1.54, 1.807) is 0 Å². The highest BCUT2D eigenvalue weighted by molar-refractivity contribution is 5.78. The minimum Gasteiger partial charge on any atom is -0.464 e. The van der Waals surface area contributed by atoms with E-state index in [1.165, 1.54) is 0 Å². The van der Waals surface area contributed by atoms with Crippen molar-refractivity contribution in [3.05, 3.63) is 34.4 Å². The number of hydrogen-bond donors (Lipinski definition) is 2. The Balaban J connectivity index is 2.39. The van der Waals surface area contributed by atoms with Crippen LogP contribution in [0.25, 0.3) is 0 Å². The van der Waals surface area contributed by atoms with E-state index >= 15 is 0 Å². The zero-order valence-electron chi connectivity index (χ0n) is 29.5. The fourth-order valence-electron chi connectivity index (χ4n) is 3.72. The number of unbranched alkanes of at least 4 members (excludes halogenated alkanes) is 8. The first-order valence-electron chi connectivity index (χ1n) is 17.1. The van der Waals surface area contributed by atoms with Gasteiger partial charge in [0.2, 0.25) is 0 Å². The van der Waals surface area contributed by atoms with Gasteiger partial charge in [-0.05, 0) is 86.9 Å². The van der Waals surface area contributed by atoms with Gasteiger partial charge in [-0.15, -0.1) is 0 Å². The van der Waals surface area contributed by atoms with Crippen LogP contribution in [0.4, 0.5) is 27.2 Å². The zero-order chi connectivity index (χ0) is 38.4. The number of alkyl carbamates (subject to hydrolysis) is 2. The molecular formula is C38H44F4N2O8. The molecule has 282 valence electrons. The fraction of sp³-hybridized carbons (Fsp3) is 0.526. The van der Waals surface area contributed by atoms with Crippen molar-refractivity contribution in [2.24, 2.45) is 0 Å². The van der Waals surface area contributed by atoms with E-state index in [-0.39, 0.29) is 26.3 Å². The van der Waals surface area contributed by atoms with Crippen molar-refractivity contribution in [2.75, 3.05) is 39.5 Å². The van der Waals surface area contributed by atoms with Gasteiger partial charge in [-0.25, -0.2) is 27.2 Å². The number of amides is 2. The van der Waals surface area contributed by atoms with E-state index in [9.17, 15) is 36.7 Å². The molecule has 0 saturated heterocycles. The molecule has 2 N–H and O–H groups in total. The molecule has 0 heterocycles. The van der Waals surface area contributed by atoms with Gasteiger partial charge in [0.05, 0.1) is 26.4 Å². The number of ether oxygens (including phenoxy) is 4. The summed E-state index contributed by atoms with van der Waals surface area (Å²) in [4.78, 5) is 46.0. The maximum atomic E-state index is 14.5. The molecule has 1 aromatic carbocycles. The van der Waals surface area contributed by atoms with Gasteiger partial charge in [0, 0.05) is 12.8 Å². The molecule has 14 heteroatoms. The molecule has 0 unspecified atom stereocenters. The SMILES string of the molecule is CCCCOC(=O)CNC(=O)OCCCCCC#CC#Cc1c(F)c(F)c(C#CC#CCCCCCOC(=O)NCC(=O)OCCCC)c(F)c1F. The number of halogens is 4. The van der Waals surface area contributed by atoms with Gasteiger partial charge < -0.3 is 29.6 Å². The first-order valence-corrected chi connectivity index (χ1v) is 17.1. The predicted octanol–water partition coefficient (Wildman–Crippen LogP) is 6.21. The number of nitrogens with one attached hydrogen (secondary N) is 2. The van der Waals surface area contributed by atoms with Crippen LogP contribution < -0.4 is 10.6 Å². The molecule has 0 atom stereocenters. The van der Waals surface area contributed by atoms with Crippen LogP contribution in [0, 0.1) is 70.6 Å². The van der Waals surface area contributed by atoms with Crippen molar-refractivity contribution in [3.8, 4) is 47.4 Å². The molecular weight excluding hydrogens is 688 g/mol. The monoisotopic (exact) mass is 732 g/mol. The smallest absolute Gasteiger partial charge is 0.407 e. The number of rotatable bonds is 20. The number of carbonyl (C=O) groups excluding carboxylic acids is 4. The van der Waals surface area contributed by atoms with Crippen molar-refractivity contribution in [2.45, 2.75) is 90.9 Å². The van der Waals surface area contributed by atoms with Crippen molar-refractivity contribution in [1.29, 1.82) is 0 Å². The van der Waals surface area contributed by atoms with Gasteiger partial charge >= 0.3 is 24.1 Å². The highest BCUT2D eigenvalue weighted by Gasteiger charge is 2.23. The lowest BCUT2D eigenvalue weighted by molar-refractivity contribution is -0.143. The Hall–Kier alpha value is -5.34. The standard InChI is InChI=1S/C38H44F4N2O8/c1-3-5-23-49-31(45)27-43-37(47)51-25-19-15-11-7-9-13-17-21-29-33(39)35(41)30(36(42)34(29)40)22-18-14-10-8-12-16-20-26-52-38(48)44-28-32(46)50-24-6-4-2/h3-8,11-12,15-16,19-20,23-28H2,1-2H3,(H,43,47)(H,44,48). The average Bonchev–Trinajstić information content (AvgIpc) is 3.13. The van der Waals surface area contributed by atoms with Crippen LogP contribution >= 0.6 is 0 Å². The summed E-state index contributed by atoms with van der Waals surface area (Å²) in [5, 5.41) is 4.59. The van der Waals surface area contributed by atoms with Crippen LogP contribution in [0.15, 0.2) is 0 Å². The second-order valence-electron chi connectivity index (χ2n) is 10.9. The molecule has 0 aliphatic rings. The third-order valence-corrected chi connectivity index (χ3v) is 6.57. The molecule has 0 spiro atoms. The second kappa shape index (κ2) is 28.4. The number of esters is 2. The topological polar surface area (TPSA) is 129 Å². The maximum Gasteiger partial charge on any atom is 0.407 e. The number of benzene rings is 1. The van der Waals surface area contributed by atoms with E-state index in [4.69, 9.17) is 18.9 Å². The Bertz CT molecular complexity index is 1440. The summed E-state index contributed by atoms with van der Waals surface area (Å²) in [6, 6.07) is 0. The van der Waals surface area contributed by atoms with Gasteiger partial charge in [0.1, 0.15) is 24.2 Å². The highest BCUT2D eigenvalue weighted by atomic mass is 19.2. The lowest BCUT2D eigenvalue weighted by atomic mass is 10.1. The van der Waals surface area contributed by atoms with Gasteiger partial charge in [0.25, 0.3) is 0 Å². The lowest BCUT2D eigenvalue weighted by Crippen LogP contribution is -2.31. The van der Waals surface area contributed by atoms with Crippen LogP contribution in [0.2, 0.25) is 0 Å². The minimum absolute atomic E-state index is 0.121. The Kier molecular flexibility index (Phi) is 24.4. The summed E-state index contributed by atoms with van der Waals surface area (Å²) >= 11 is 0. The van der Waals surface area contributed by atoms with Crippen LogP contribution in [-0.4, -0.2) is 63.6 Å². The lowest BCUT2D eigenvalue weighted by Gasteiger charge is -2.07. The summed E-state index contributed by atoms with van der Waals surface area (Å²) in [5.41, 5.74) is -2.23. The molecule has 2 amide bonds. The zero-order valence-corrected chi connectivity index (χ0v) is 29.5. The molecule has 0 aliphatic heterocycles. The van der Waals surface area contributed by atoms with E-state index in [0.29, 0.717) is 64.6 Å². The van der Waals surface area contributed by atoms with Crippen LogP contribution in [-0.2, 0) is 28.5 Å². The largest absolute Gasteiger partial charge is 0.464 e. The summed E-state index contributed by atoms with van der Waals surface area (Å²) in [7, 11) is 0. The number of carbonyl (C=O) groups is 4. The van der Waals surface area contributed by atoms with Gasteiger partial charge in [-0.3, -0.25) is 9.59 Å². The molecule has 52 heavy (non-hydrogen) atoms. The van der Waals surface area contributed by atoms with Crippen molar-refractivity contribution in [3.63, 3.8) is 0 Å². The van der Waals surface area contributed by atoms with E-state index < -0.39 is 58.5 Å². The minimum atomic E-state index is -1.70. The van der Waals surface area contributed by atoms with Crippen molar-refractivity contribution >= 4 is 24.1 Å². The van der Waals surface area contributed by atoms with Crippen LogP contribution in [0.1, 0.15) is 102 Å². The Morgan fingerprint density at radius 2 is 0.865 bits per heavy atom. The molecule has 0 fully saturated rings. The predicted molar refractivity (Wildman–Crippen MR) is 183 cm³/mol. The molecule has 1 aromatic rings. The maximum absolute atomic E-state index is 14.5. The first-order chi connectivity index (χ1) is 25.1. The summed E-state index contributed by atoms with van der Waals surface area (Å²) < 4.78 is 77.6. The summed E-state index contributed by atoms with van der Waals surface area (Å²) in [6.07, 6.45) is 6.02. The first kappa shape index (κ1) is 44.7. The fourth-order valence-corrected chi connectivity index (χ4v) is 3.72. The summed E-state index contributed by atoms with van der Waals surface area (Å²) in [5.74, 6) is 10.5. The van der Waals surface area contributed by atoms with Crippen molar-refractivity contribution in [1.82, 2.24) is 10.6 Å². The Morgan fingerprint density at radius 3 is 1.23 bits per heavy atom. The van der Waals surface area contributed by atoms with Gasteiger partial charge in [-0.1, -0.05) is 38.5 Å². The quantitative estimate of drug-likeness (QED) is 0.0405. The van der Waals surface area contributed by atoms with Gasteiger partial charge in [0.15, 0.2) is 23.3 Å². The van der Waals surface area contributed by atoms with Crippen LogP contribution in [0.3, 0.4) is 0 Å². The van der Waals surface area contributed by atoms with E-state index in [1.807, 2.05) is 25.7 Å². The number of hydrogen-bond acceptors (Lipinski definition) is 8. The average molecular weight is 733 g/mol. The molecule has 0 radical (unpaired) electrons. The molecule has 0 saturated carbocycles. The van der Waals surface area contributed by atoms with Gasteiger partial charge in [-0.2, -0.15) is 0 Å². The molecule has 0 bridgehead atoms. The third-order valence-electron chi connectivity index (χ3n) is 6.57. The molecule has 10 nitrogen and oxygen atoms in total. The third kappa shape index (κ3) is 20.4. The normalized spacial score (nSPS) is 9.65. The molecule has 0 aliphatic carbocycles. The summed E-state index contributed by atoms with van der Waals surface area (Å²) in [6.45, 7) is 4.18. The van der Waals surface area contributed by atoms with Crippen LogP contribution in [0.5, 0.6) is 0 Å². The van der Waals surface area contributed by atoms with E-state index in [0.717, 1.165) is 25.7 Å².